The standard InChI is InChI=1S/C15H24N2O4S/c1-11(2)10-16-15(18)14-9-13(6-5-12(14)3)22(19,20)17-7-8-21-4/h5-6,9,11,17H,7-8,10H2,1-4H3,(H,16,18). The summed E-state index contributed by atoms with van der Waals surface area (Å²) in [7, 11) is -2.15. The van der Waals surface area contributed by atoms with Gasteiger partial charge in [-0.25, -0.2) is 13.1 Å². The molecule has 0 bridgehead atoms. The van der Waals surface area contributed by atoms with Gasteiger partial charge < -0.3 is 10.1 Å². The van der Waals surface area contributed by atoms with E-state index in [-0.39, 0.29) is 24.0 Å². The van der Waals surface area contributed by atoms with Gasteiger partial charge in [0.05, 0.1) is 11.5 Å². The van der Waals surface area contributed by atoms with Crippen molar-refractivity contribution in [2.24, 2.45) is 5.92 Å². The van der Waals surface area contributed by atoms with Gasteiger partial charge in [0.1, 0.15) is 0 Å². The van der Waals surface area contributed by atoms with E-state index in [1.54, 1.807) is 13.0 Å². The van der Waals surface area contributed by atoms with Crippen LogP contribution in [0.2, 0.25) is 0 Å². The Morgan fingerprint density at radius 3 is 2.59 bits per heavy atom. The normalized spacial score (nSPS) is 11.7. The van der Waals surface area contributed by atoms with Crippen LogP contribution in [0.4, 0.5) is 0 Å². The van der Waals surface area contributed by atoms with Crippen molar-refractivity contribution < 1.29 is 17.9 Å². The van der Waals surface area contributed by atoms with Crippen molar-refractivity contribution in [3.8, 4) is 0 Å². The molecular formula is C15H24N2O4S. The minimum absolute atomic E-state index is 0.0731. The van der Waals surface area contributed by atoms with E-state index < -0.39 is 10.0 Å². The molecule has 124 valence electrons. The van der Waals surface area contributed by atoms with Gasteiger partial charge in [-0.3, -0.25) is 4.79 Å². The number of hydrogen-bond acceptors (Lipinski definition) is 4. The van der Waals surface area contributed by atoms with Gasteiger partial charge >= 0.3 is 0 Å². The fourth-order valence-corrected chi connectivity index (χ4v) is 2.81. The predicted molar refractivity (Wildman–Crippen MR) is 85.4 cm³/mol. The van der Waals surface area contributed by atoms with Crippen molar-refractivity contribution >= 4 is 15.9 Å². The molecule has 0 aromatic heterocycles. The number of aryl methyl sites for hydroxylation is 1. The predicted octanol–water partition coefficient (Wildman–Crippen LogP) is 1.31. The molecule has 1 rings (SSSR count). The van der Waals surface area contributed by atoms with Gasteiger partial charge in [0, 0.05) is 25.8 Å². The molecule has 0 aliphatic heterocycles. The molecule has 0 spiro atoms. The van der Waals surface area contributed by atoms with Crippen molar-refractivity contribution in [2.45, 2.75) is 25.7 Å². The summed E-state index contributed by atoms with van der Waals surface area (Å²) in [6.45, 7) is 6.77. The highest BCUT2D eigenvalue weighted by atomic mass is 32.2. The van der Waals surface area contributed by atoms with Crippen LogP contribution in [0.5, 0.6) is 0 Å². The summed E-state index contributed by atoms with van der Waals surface area (Å²) in [5.74, 6) is 0.0621. The van der Waals surface area contributed by atoms with Gasteiger partial charge in [-0.2, -0.15) is 0 Å². The average Bonchev–Trinajstić information content (AvgIpc) is 2.45. The maximum absolute atomic E-state index is 12.2. The second-order valence-electron chi connectivity index (χ2n) is 5.47. The lowest BCUT2D eigenvalue weighted by Gasteiger charge is -2.12. The lowest BCUT2D eigenvalue weighted by Crippen LogP contribution is -2.29. The van der Waals surface area contributed by atoms with Crippen molar-refractivity contribution in [1.82, 2.24) is 10.0 Å². The Hall–Kier alpha value is -1.44. The first-order chi connectivity index (χ1) is 10.3. The van der Waals surface area contributed by atoms with Crippen molar-refractivity contribution in [1.29, 1.82) is 0 Å². The summed E-state index contributed by atoms with van der Waals surface area (Å²) in [6.07, 6.45) is 0. The third-order valence-corrected chi connectivity index (χ3v) is 4.49. The molecule has 0 fully saturated rings. The van der Waals surface area contributed by atoms with Gasteiger partial charge in [0.25, 0.3) is 5.91 Å². The molecule has 22 heavy (non-hydrogen) atoms. The fraction of sp³-hybridized carbons (Fsp3) is 0.533. The van der Waals surface area contributed by atoms with E-state index in [1.807, 2.05) is 13.8 Å². The maximum atomic E-state index is 12.2. The molecule has 0 saturated heterocycles. The zero-order valence-corrected chi connectivity index (χ0v) is 14.3. The Balaban J connectivity index is 2.96. The molecule has 0 unspecified atom stereocenters. The molecular weight excluding hydrogens is 304 g/mol. The second-order valence-corrected chi connectivity index (χ2v) is 7.24. The highest BCUT2D eigenvalue weighted by Gasteiger charge is 2.17. The quantitative estimate of drug-likeness (QED) is 0.705. The number of hydrogen-bond donors (Lipinski definition) is 2. The first-order valence-corrected chi connectivity index (χ1v) is 8.63. The number of benzene rings is 1. The van der Waals surface area contributed by atoms with E-state index in [0.717, 1.165) is 5.56 Å². The number of sulfonamides is 1. The van der Waals surface area contributed by atoms with Gasteiger partial charge in [-0.15, -0.1) is 0 Å². The summed E-state index contributed by atoms with van der Waals surface area (Å²) in [4.78, 5) is 12.2. The third-order valence-electron chi connectivity index (χ3n) is 3.03. The van der Waals surface area contributed by atoms with E-state index in [4.69, 9.17) is 4.74 Å². The van der Waals surface area contributed by atoms with Crippen LogP contribution in [-0.4, -0.2) is 41.1 Å². The molecule has 2 N–H and O–H groups in total. The minimum atomic E-state index is -3.65. The molecule has 0 aliphatic rings. The zero-order chi connectivity index (χ0) is 16.8. The van der Waals surface area contributed by atoms with E-state index >= 15 is 0 Å². The van der Waals surface area contributed by atoms with Crippen LogP contribution in [0.25, 0.3) is 0 Å². The third kappa shape index (κ3) is 5.40. The number of nitrogens with one attached hydrogen (secondary N) is 2. The van der Waals surface area contributed by atoms with Crippen LogP contribution in [0.3, 0.4) is 0 Å². The molecule has 1 aromatic carbocycles. The van der Waals surface area contributed by atoms with Crippen LogP contribution < -0.4 is 10.0 Å². The van der Waals surface area contributed by atoms with Crippen molar-refractivity contribution in [3.63, 3.8) is 0 Å². The highest BCUT2D eigenvalue weighted by molar-refractivity contribution is 7.89. The largest absolute Gasteiger partial charge is 0.383 e. The van der Waals surface area contributed by atoms with Crippen LogP contribution in [0.15, 0.2) is 23.1 Å². The van der Waals surface area contributed by atoms with Gasteiger partial charge in [0.2, 0.25) is 10.0 Å². The van der Waals surface area contributed by atoms with Crippen LogP contribution >= 0.6 is 0 Å². The van der Waals surface area contributed by atoms with Crippen LogP contribution in [-0.2, 0) is 14.8 Å². The Morgan fingerprint density at radius 1 is 1.32 bits per heavy atom. The highest BCUT2D eigenvalue weighted by Crippen LogP contribution is 2.15. The molecule has 0 radical (unpaired) electrons. The lowest BCUT2D eigenvalue weighted by atomic mass is 10.1. The molecule has 1 amide bonds. The maximum Gasteiger partial charge on any atom is 0.251 e. The lowest BCUT2D eigenvalue weighted by molar-refractivity contribution is 0.0948. The fourth-order valence-electron chi connectivity index (χ4n) is 1.77. The van der Waals surface area contributed by atoms with Crippen LogP contribution in [0, 0.1) is 12.8 Å². The van der Waals surface area contributed by atoms with E-state index in [2.05, 4.69) is 10.0 Å². The average molecular weight is 328 g/mol. The van der Waals surface area contributed by atoms with E-state index in [9.17, 15) is 13.2 Å². The van der Waals surface area contributed by atoms with Gasteiger partial charge in [0.15, 0.2) is 0 Å². The Morgan fingerprint density at radius 2 is 2.00 bits per heavy atom. The Labute approximate surface area is 132 Å². The van der Waals surface area contributed by atoms with Gasteiger partial charge in [-0.1, -0.05) is 19.9 Å². The number of methoxy groups -OCH3 is 1. The van der Waals surface area contributed by atoms with E-state index in [1.165, 1.54) is 19.2 Å². The smallest absolute Gasteiger partial charge is 0.251 e. The summed E-state index contributed by atoms with van der Waals surface area (Å²) in [6, 6.07) is 4.53. The number of rotatable bonds is 8. The number of ether oxygens (including phenoxy) is 1. The van der Waals surface area contributed by atoms with Crippen molar-refractivity contribution in [3.05, 3.63) is 29.3 Å². The summed E-state index contributed by atoms with van der Waals surface area (Å²) >= 11 is 0. The molecule has 6 nitrogen and oxygen atoms in total. The number of carbonyl (C=O) groups is 1. The molecule has 0 heterocycles. The Kier molecular flexibility index (Phi) is 6.99. The summed E-state index contributed by atoms with van der Waals surface area (Å²) in [5, 5.41) is 2.80. The number of carbonyl (C=O) groups excluding carboxylic acids is 1. The zero-order valence-electron chi connectivity index (χ0n) is 13.5. The SMILES string of the molecule is COCCNS(=O)(=O)c1ccc(C)c(C(=O)NCC(C)C)c1. The monoisotopic (exact) mass is 328 g/mol. The van der Waals surface area contributed by atoms with E-state index in [0.29, 0.717) is 18.0 Å². The number of amides is 1. The second kappa shape index (κ2) is 8.26. The van der Waals surface area contributed by atoms with Crippen LogP contribution in [0.1, 0.15) is 29.8 Å². The van der Waals surface area contributed by atoms with Crippen molar-refractivity contribution in [2.75, 3.05) is 26.8 Å². The molecule has 0 saturated carbocycles. The molecule has 1 aromatic rings. The topological polar surface area (TPSA) is 84.5 Å². The molecule has 7 heteroatoms. The minimum Gasteiger partial charge on any atom is -0.383 e. The Bertz CT molecular complexity index is 612. The van der Waals surface area contributed by atoms with Gasteiger partial charge in [-0.05, 0) is 30.5 Å². The molecule has 0 atom stereocenters. The summed E-state index contributed by atoms with van der Waals surface area (Å²) in [5.41, 5.74) is 1.10. The summed E-state index contributed by atoms with van der Waals surface area (Å²) < 4.78 is 31.6. The first kappa shape index (κ1) is 18.6. The first-order valence-electron chi connectivity index (χ1n) is 7.15. The molecule has 0 aliphatic carbocycles.